The van der Waals surface area contributed by atoms with Gasteiger partial charge in [0.15, 0.2) is 90.7 Å². The molecule has 1 atom stereocenters. The summed E-state index contributed by atoms with van der Waals surface area (Å²) in [5, 5.41) is 2.75. The molecule has 3 nitrogen and oxygen atoms in total. The Labute approximate surface area is 370 Å². The average Bonchev–Trinajstić information content (AvgIpc) is 3.31. The van der Waals surface area contributed by atoms with E-state index in [-0.39, 0.29) is 11.5 Å². The first-order valence-corrected chi connectivity index (χ1v) is 20.3. The zero-order valence-electron chi connectivity index (χ0n) is 33.7. The van der Waals surface area contributed by atoms with Crippen LogP contribution in [0, 0.1) is 128 Å². The van der Waals surface area contributed by atoms with Gasteiger partial charge >= 0.3 is 0 Å². The number of hydrogen-bond donors (Lipinski definition) is 0. The number of hydrogen-bond acceptors (Lipinski definition) is 3. The molecule has 0 saturated heterocycles. The van der Waals surface area contributed by atoms with Gasteiger partial charge in [0.05, 0.1) is 0 Å². The van der Waals surface area contributed by atoms with E-state index < -0.39 is 154 Å². The lowest BCUT2D eigenvalue weighted by molar-refractivity contribution is 0.102. The molecule has 0 saturated carbocycles. The van der Waals surface area contributed by atoms with E-state index in [1.165, 1.54) is 6.26 Å². The van der Waals surface area contributed by atoms with Gasteiger partial charge in [-0.2, -0.15) is 0 Å². The van der Waals surface area contributed by atoms with Crippen molar-refractivity contribution >= 4 is 49.4 Å². The molecule has 0 spiro atoms. The van der Waals surface area contributed by atoms with Gasteiger partial charge in [-0.25, -0.2) is 87.8 Å². The molecule has 68 heavy (non-hydrogen) atoms. The number of carbonyl (C=O) groups excluding carboxylic acids is 1. The van der Waals surface area contributed by atoms with Gasteiger partial charge in [0.2, 0.25) is 5.78 Å². The highest BCUT2D eigenvalue weighted by atomic mass is 32.2. The van der Waals surface area contributed by atoms with Crippen molar-refractivity contribution in [1.29, 1.82) is 0 Å². The number of halogens is 20. The summed E-state index contributed by atoms with van der Waals surface area (Å²) in [5.41, 5.74) is -12.0. The van der Waals surface area contributed by atoms with E-state index in [9.17, 15) is 61.7 Å². The molecule has 0 fully saturated rings. The summed E-state index contributed by atoms with van der Waals surface area (Å²) in [4.78, 5) is 14.3. The molecule has 6 aromatic rings. The van der Waals surface area contributed by atoms with Crippen LogP contribution in [0.5, 0.6) is 0 Å². The summed E-state index contributed by atoms with van der Waals surface area (Å²) in [6.07, 6.45) is -5.68. The zero-order valence-corrected chi connectivity index (χ0v) is 34.5. The second-order valence-electron chi connectivity index (χ2n) is 14.4. The number of benzene rings is 6. The van der Waals surface area contributed by atoms with Crippen LogP contribution < -0.4 is 26.8 Å². The Bertz CT molecular complexity index is 2760. The second kappa shape index (κ2) is 19.4. The summed E-state index contributed by atoms with van der Waals surface area (Å²) < 4.78 is 306. The fraction of sp³-hybridized carbons (Fsp3) is 0.0930. The maximum atomic E-state index is 15.4. The Morgan fingerprint density at radius 1 is 0.441 bits per heavy atom. The first kappa shape index (κ1) is 52.1. The van der Waals surface area contributed by atoms with Gasteiger partial charge in [-0.15, -0.1) is 21.9 Å². The van der Waals surface area contributed by atoms with Crippen LogP contribution in [0.4, 0.5) is 93.5 Å². The molecular weight excluding hydrogens is 985 g/mol. The molecular formula is C43H20BF20NO2S. The van der Waals surface area contributed by atoms with Crippen molar-refractivity contribution in [2.24, 2.45) is 0 Å². The van der Waals surface area contributed by atoms with Crippen LogP contribution in [0.25, 0.3) is 0 Å². The highest BCUT2D eigenvalue weighted by Gasteiger charge is 2.52. The van der Waals surface area contributed by atoms with Crippen LogP contribution in [0.1, 0.15) is 15.9 Å². The SMILES string of the molecule is CN(C)c1ccc(C(=O)C[S+](C)(=O)C#Cc2ccccc2)cc1.Fc1c(F)c(F)c([B-](c2c(F)c(F)c(F)c(F)c2F)(c2c(F)c(F)c(F)c(F)c2F)c2c(F)c(F)c(F)c(F)c2F)c(F)c1F. The van der Waals surface area contributed by atoms with Gasteiger partial charge < -0.3 is 4.90 Å². The molecule has 0 aliphatic heterocycles. The highest BCUT2D eigenvalue weighted by Crippen LogP contribution is 2.31. The van der Waals surface area contributed by atoms with Crippen molar-refractivity contribution in [3.05, 3.63) is 182 Å². The first-order valence-electron chi connectivity index (χ1n) is 18.2. The summed E-state index contributed by atoms with van der Waals surface area (Å²) in [5.74, 6) is -68.7. The molecule has 6 rings (SSSR count). The monoisotopic (exact) mass is 1010 g/mol. The third-order valence-electron chi connectivity index (χ3n) is 10.0. The van der Waals surface area contributed by atoms with E-state index in [2.05, 4.69) is 11.2 Å². The average molecular weight is 1010 g/mol. The van der Waals surface area contributed by atoms with E-state index >= 15 is 35.1 Å². The van der Waals surface area contributed by atoms with Crippen molar-refractivity contribution in [2.75, 3.05) is 31.0 Å². The molecule has 0 bridgehead atoms. The second-order valence-corrected chi connectivity index (χ2v) is 16.9. The van der Waals surface area contributed by atoms with Crippen LogP contribution in [-0.2, 0) is 14.1 Å². The van der Waals surface area contributed by atoms with Crippen LogP contribution >= 0.6 is 0 Å². The smallest absolute Gasteiger partial charge is 0.212 e. The number of carbonyl (C=O) groups is 1. The Hall–Kier alpha value is -6.84. The standard InChI is InChI=1S/C24BF20.C19H20NO2S/c26-5-1(6(27)14(35)21(42)13(5)34)25(2-7(28)15(36)22(43)16(37)8(2)29,3-9(30)17(38)23(44)18(39)10(3)31)4-11(32)19(40)24(45)20(41)12(4)33;1-20(2)18-11-9-17(10-12-18)19(21)15-23(3,22)14-13-16-7-5-4-6-8-16/h;4-12H,15H2,1-3H3/q-1;+1. The van der Waals surface area contributed by atoms with Gasteiger partial charge in [-0.1, -0.05) is 22.4 Å². The van der Waals surface area contributed by atoms with Crippen LogP contribution in [0.15, 0.2) is 54.6 Å². The lowest BCUT2D eigenvalue weighted by Crippen LogP contribution is -2.81. The van der Waals surface area contributed by atoms with E-state index in [4.69, 9.17) is 0 Å². The maximum absolute atomic E-state index is 15.4. The normalized spacial score (nSPS) is 12.2. The molecule has 0 aliphatic rings. The Balaban J connectivity index is 0.000000314. The fourth-order valence-electron chi connectivity index (χ4n) is 6.88. The van der Waals surface area contributed by atoms with Gasteiger partial charge in [-0.3, -0.25) is 4.79 Å². The Morgan fingerprint density at radius 2 is 0.706 bits per heavy atom. The summed E-state index contributed by atoms with van der Waals surface area (Å²) >= 11 is 0. The number of ketones is 1. The number of anilines is 1. The van der Waals surface area contributed by atoms with Gasteiger partial charge in [0, 0.05) is 30.9 Å². The molecule has 0 amide bonds. The molecule has 0 radical (unpaired) electrons. The third kappa shape index (κ3) is 8.88. The van der Waals surface area contributed by atoms with E-state index in [1.54, 1.807) is 12.1 Å². The maximum Gasteiger partial charge on any atom is 0.212 e. The van der Waals surface area contributed by atoms with Crippen LogP contribution in [0.3, 0.4) is 0 Å². The predicted molar refractivity (Wildman–Crippen MR) is 206 cm³/mol. The molecule has 6 aromatic carbocycles. The topological polar surface area (TPSA) is 37.4 Å². The predicted octanol–water partition coefficient (Wildman–Crippen LogP) is 8.92. The molecule has 25 heteroatoms. The molecule has 0 heterocycles. The van der Waals surface area contributed by atoms with E-state index in [0.29, 0.717) is 5.56 Å². The Kier molecular flexibility index (Phi) is 14.9. The molecule has 0 aromatic heterocycles. The quantitative estimate of drug-likeness (QED) is 0.0291. The van der Waals surface area contributed by atoms with E-state index in [1.807, 2.05) is 61.5 Å². The lowest BCUT2D eigenvalue weighted by Gasteiger charge is -2.44. The zero-order chi connectivity index (χ0) is 51.2. The van der Waals surface area contributed by atoms with E-state index in [0.717, 1.165) is 11.3 Å². The van der Waals surface area contributed by atoms with Gasteiger partial charge in [0.1, 0.15) is 58.9 Å². The number of nitrogens with zero attached hydrogens (tertiary/aromatic N) is 1. The lowest BCUT2D eigenvalue weighted by atomic mass is 9.12. The van der Waals surface area contributed by atoms with Gasteiger partial charge in [0.25, 0.3) is 0 Å². The Morgan fingerprint density at radius 3 is 0.971 bits per heavy atom. The van der Waals surface area contributed by atoms with Crippen molar-refractivity contribution < 1.29 is 96.8 Å². The van der Waals surface area contributed by atoms with Crippen molar-refractivity contribution in [3.63, 3.8) is 0 Å². The van der Waals surface area contributed by atoms with Gasteiger partial charge in [-0.05, 0) is 42.3 Å². The number of Topliss-reactive ketones (excluding diaryl/α,β-unsaturated/α-hetero) is 1. The van der Waals surface area contributed by atoms with Crippen molar-refractivity contribution in [2.45, 2.75) is 0 Å². The largest absolute Gasteiger partial charge is 0.378 e. The minimum Gasteiger partial charge on any atom is -0.378 e. The van der Waals surface area contributed by atoms with Crippen molar-refractivity contribution in [3.8, 4) is 11.2 Å². The van der Waals surface area contributed by atoms with Crippen LogP contribution in [-0.4, -0.2) is 38.0 Å². The van der Waals surface area contributed by atoms with Crippen LogP contribution in [0.2, 0.25) is 0 Å². The summed E-state index contributed by atoms with van der Waals surface area (Å²) in [6, 6.07) is 16.6. The fourth-order valence-corrected chi connectivity index (χ4v) is 7.95. The summed E-state index contributed by atoms with van der Waals surface area (Å²) in [6.45, 7) is 0. The molecule has 0 aliphatic carbocycles. The third-order valence-corrected chi connectivity index (χ3v) is 11.4. The van der Waals surface area contributed by atoms with Crippen molar-refractivity contribution in [1.82, 2.24) is 0 Å². The summed E-state index contributed by atoms with van der Waals surface area (Å²) in [7, 11) is 1.35. The molecule has 1 unspecified atom stereocenters. The number of rotatable bonds is 8. The first-order chi connectivity index (χ1) is 31.6. The minimum atomic E-state index is -7.22. The molecule has 0 N–H and O–H groups in total. The molecule has 358 valence electrons. The minimum absolute atomic E-state index is 0.0614. The highest BCUT2D eigenvalue weighted by molar-refractivity contribution is 8.07.